The topological polar surface area (TPSA) is 110 Å². The lowest BCUT2D eigenvalue weighted by Crippen LogP contribution is -2.38. The molecule has 0 saturated carbocycles. The van der Waals surface area contributed by atoms with Crippen LogP contribution in [0.2, 0.25) is 0 Å². The predicted molar refractivity (Wildman–Crippen MR) is 112 cm³/mol. The molecule has 4 N–H and O–H groups in total. The average molecular weight is 412 g/mol. The van der Waals surface area contributed by atoms with Crippen LogP contribution in [-0.2, 0) is 9.59 Å². The fourth-order valence-corrected chi connectivity index (χ4v) is 3.03. The largest absolute Gasteiger partial charge is 0.453 e. The first-order valence-corrected chi connectivity index (χ1v) is 9.62. The summed E-state index contributed by atoms with van der Waals surface area (Å²) in [6, 6.07) is 7.34. The number of aromatic nitrogens is 2. The Kier molecular flexibility index (Phi) is 6.05. The van der Waals surface area contributed by atoms with Gasteiger partial charge in [-0.2, -0.15) is 0 Å². The number of halogens is 1. The van der Waals surface area contributed by atoms with E-state index < -0.39 is 23.5 Å². The molecule has 0 aliphatic carbocycles. The lowest BCUT2D eigenvalue weighted by atomic mass is 9.92. The van der Waals surface area contributed by atoms with Crippen molar-refractivity contribution in [2.45, 2.75) is 33.1 Å². The Bertz CT molecular complexity index is 1070. The molecule has 0 aliphatic rings. The van der Waals surface area contributed by atoms with E-state index in [1.165, 1.54) is 12.1 Å². The quantitative estimate of drug-likeness (QED) is 0.515. The molecule has 0 aliphatic heterocycles. The van der Waals surface area contributed by atoms with E-state index in [1.54, 1.807) is 24.5 Å². The number of H-pyrrole nitrogens is 1. The van der Waals surface area contributed by atoms with Crippen molar-refractivity contribution in [2.75, 3.05) is 6.54 Å². The summed E-state index contributed by atoms with van der Waals surface area (Å²) >= 11 is 0. The summed E-state index contributed by atoms with van der Waals surface area (Å²) in [5.41, 5.74) is 6.24. The van der Waals surface area contributed by atoms with Crippen molar-refractivity contribution in [3.05, 3.63) is 54.1 Å². The Labute approximate surface area is 173 Å². The molecule has 2 amide bonds. The number of ether oxygens (including phenoxy) is 1. The fourth-order valence-electron chi connectivity index (χ4n) is 3.03. The van der Waals surface area contributed by atoms with Gasteiger partial charge < -0.3 is 20.8 Å². The first-order valence-electron chi connectivity index (χ1n) is 9.62. The monoisotopic (exact) mass is 412 g/mol. The molecule has 3 aromatic rings. The van der Waals surface area contributed by atoms with Gasteiger partial charge in [-0.1, -0.05) is 26.8 Å². The van der Waals surface area contributed by atoms with Gasteiger partial charge >= 0.3 is 0 Å². The molecular formula is C22H25FN4O3. The molecule has 2 heterocycles. The second kappa shape index (κ2) is 8.52. The van der Waals surface area contributed by atoms with Crippen LogP contribution in [-0.4, -0.2) is 28.3 Å². The fraction of sp³-hybridized carbons (Fsp3) is 0.318. The minimum Gasteiger partial charge on any atom is -0.453 e. The van der Waals surface area contributed by atoms with Gasteiger partial charge in [-0.15, -0.1) is 0 Å². The summed E-state index contributed by atoms with van der Waals surface area (Å²) < 4.78 is 20.4. The van der Waals surface area contributed by atoms with Gasteiger partial charge in [0.25, 0.3) is 0 Å². The lowest BCUT2D eigenvalue weighted by Gasteiger charge is -2.20. The summed E-state index contributed by atoms with van der Waals surface area (Å²) in [5, 5.41) is 3.41. The maximum absolute atomic E-state index is 14.7. The van der Waals surface area contributed by atoms with Crippen molar-refractivity contribution >= 4 is 22.8 Å². The molecular weight excluding hydrogens is 387 g/mol. The van der Waals surface area contributed by atoms with Gasteiger partial charge in [0, 0.05) is 18.9 Å². The van der Waals surface area contributed by atoms with Crippen molar-refractivity contribution in [1.82, 2.24) is 15.3 Å². The number of amides is 2. The van der Waals surface area contributed by atoms with Crippen molar-refractivity contribution in [3.63, 3.8) is 0 Å². The highest BCUT2D eigenvalue weighted by Gasteiger charge is 2.27. The number of nitrogens with two attached hydrogens (primary N) is 1. The normalized spacial score (nSPS) is 12.5. The highest BCUT2D eigenvalue weighted by molar-refractivity contribution is 6.05. The third-order valence-corrected chi connectivity index (χ3v) is 4.65. The molecule has 8 heteroatoms. The van der Waals surface area contributed by atoms with Crippen LogP contribution >= 0.6 is 0 Å². The number of fused-ring (bicyclic) bond motifs is 1. The molecule has 158 valence electrons. The second-order valence-electron chi connectivity index (χ2n) is 8.28. The molecule has 2 aromatic heterocycles. The summed E-state index contributed by atoms with van der Waals surface area (Å²) in [6.07, 6.45) is 3.98. The first-order chi connectivity index (χ1) is 14.2. The molecule has 0 fully saturated rings. The zero-order valence-electron chi connectivity index (χ0n) is 17.2. The molecule has 3 rings (SSSR count). The number of benzene rings is 1. The molecule has 0 bridgehead atoms. The standard InChI is InChI=1S/C22H25FN4O3/c1-22(2,3)8-11-27-21(29)18(19(24)28)13-4-5-17(15(23)12-13)30-16-7-10-26-20-14(16)6-9-25-20/h4-7,9-10,12,18H,8,11H2,1-3H3,(H2,24,28)(H,25,26)(H,27,29). The SMILES string of the molecule is CC(C)(C)CCNC(=O)C(C(N)=O)c1ccc(Oc2ccnc3[nH]ccc23)c(F)c1. The molecule has 1 atom stereocenters. The van der Waals surface area contributed by atoms with Gasteiger partial charge in [0.05, 0.1) is 5.39 Å². The van der Waals surface area contributed by atoms with Crippen LogP contribution in [0.4, 0.5) is 4.39 Å². The van der Waals surface area contributed by atoms with E-state index in [9.17, 15) is 14.0 Å². The molecule has 1 aromatic carbocycles. The zero-order chi connectivity index (χ0) is 21.9. The van der Waals surface area contributed by atoms with E-state index in [2.05, 4.69) is 15.3 Å². The van der Waals surface area contributed by atoms with Crippen LogP contribution in [0.3, 0.4) is 0 Å². The Morgan fingerprint density at radius 1 is 1.23 bits per heavy atom. The molecule has 0 radical (unpaired) electrons. The van der Waals surface area contributed by atoms with Gasteiger partial charge in [0.15, 0.2) is 11.6 Å². The van der Waals surface area contributed by atoms with Gasteiger partial charge in [0.2, 0.25) is 11.8 Å². The molecule has 7 nitrogen and oxygen atoms in total. The number of hydrogen-bond donors (Lipinski definition) is 3. The van der Waals surface area contributed by atoms with E-state index in [-0.39, 0.29) is 16.7 Å². The van der Waals surface area contributed by atoms with E-state index in [4.69, 9.17) is 10.5 Å². The predicted octanol–water partition coefficient (Wildman–Crippen LogP) is 3.62. The molecule has 0 saturated heterocycles. The number of pyridine rings is 1. The summed E-state index contributed by atoms with van der Waals surface area (Å²) in [6.45, 7) is 6.53. The number of hydrogen-bond acceptors (Lipinski definition) is 4. The van der Waals surface area contributed by atoms with Crippen LogP contribution < -0.4 is 15.8 Å². The van der Waals surface area contributed by atoms with Gasteiger partial charge in [-0.25, -0.2) is 9.37 Å². The highest BCUT2D eigenvalue weighted by Crippen LogP contribution is 2.31. The minimum atomic E-state index is -1.29. The Balaban J connectivity index is 1.79. The van der Waals surface area contributed by atoms with Crippen LogP contribution in [0.5, 0.6) is 11.5 Å². The van der Waals surface area contributed by atoms with Crippen molar-refractivity contribution in [2.24, 2.45) is 11.1 Å². The number of aromatic amines is 1. The Morgan fingerprint density at radius 3 is 2.67 bits per heavy atom. The number of nitrogens with one attached hydrogen (secondary N) is 2. The van der Waals surface area contributed by atoms with Crippen LogP contribution in [0.25, 0.3) is 11.0 Å². The summed E-state index contributed by atoms with van der Waals surface area (Å²) in [5.74, 6) is -3.00. The van der Waals surface area contributed by atoms with Gasteiger partial charge in [-0.05, 0) is 41.7 Å². The molecule has 30 heavy (non-hydrogen) atoms. The summed E-state index contributed by atoms with van der Waals surface area (Å²) in [7, 11) is 0. The third kappa shape index (κ3) is 4.94. The average Bonchev–Trinajstić information content (AvgIpc) is 3.12. The first kappa shape index (κ1) is 21.3. The third-order valence-electron chi connectivity index (χ3n) is 4.65. The number of rotatable bonds is 7. The molecule has 1 unspecified atom stereocenters. The van der Waals surface area contributed by atoms with Crippen LogP contribution in [0, 0.1) is 11.2 Å². The van der Waals surface area contributed by atoms with Crippen molar-refractivity contribution in [3.8, 4) is 11.5 Å². The maximum Gasteiger partial charge on any atom is 0.237 e. The van der Waals surface area contributed by atoms with E-state index in [0.717, 1.165) is 12.5 Å². The van der Waals surface area contributed by atoms with Crippen molar-refractivity contribution in [1.29, 1.82) is 0 Å². The smallest absolute Gasteiger partial charge is 0.237 e. The lowest BCUT2D eigenvalue weighted by molar-refractivity contribution is -0.130. The van der Waals surface area contributed by atoms with Gasteiger partial charge in [-0.3, -0.25) is 9.59 Å². The second-order valence-corrected chi connectivity index (χ2v) is 8.28. The number of nitrogens with zero attached hydrogens (tertiary/aromatic N) is 1. The Hall–Kier alpha value is -3.42. The number of primary amides is 1. The van der Waals surface area contributed by atoms with E-state index >= 15 is 0 Å². The highest BCUT2D eigenvalue weighted by atomic mass is 19.1. The zero-order valence-corrected chi connectivity index (χ0v) is 17.2. The summed E-state index contributed by atoms with van der Waals surface area (Å²) in [4.78, 5) is 31.5. The van der Waals surface area contributed by atoms with E-state index in [1.807, 2.05) is 20.8 Å². The van der Waals surface area contributed by atoms with Crippen LogP contribution in [0.1, 0.15) is 38.7 Å². The van der Waals surface area contributed by atoms with Gasteiger partial charge in [0.1, 0.15) is 17.3 Å². The maximum atomic E-state index is 14.7. The Morgan fingerprint density at radius 2 is 2.00 bits per heavy atom. The molecule has 0 spiro atoms. The van der Waals surface area contributed by atoms with Crippen molar-refractivity contribution < 1.29 is 18.7 Å². The van der Waals surface area contributed by atoms with E-state index in [0.29, 0.717) is 23.3 Å². The van der Waals surface area contributed by atoms with Crippen LogP contribution in [0.15, 0.2) is 42.7 Å². The minimum absolute atomic E-state index is 0.0262. The number of carbonyl (C=O) groups is 2. The number of carbonyl (C=O) groups excluding carboxylic acids is 2.